The van der Waals surface area contributed by atoms with Crippen molar-refractivity contribution in [1.29, 1.82) is 0 Å². The number of ketones is 1. The number of piperidine rings is 2. The fourth-order valence-corrected chi connectivity index (χ4v) is 4.23. The van der Waals surface area contributed by atoms with Crippen molar-refractivity contribution in [2.24, 2.45) is 17.8 Å². The number of carbonyl (C=O) groups is 3. The molecule has 3 heterocycles. The number of nitrogens with one attached hydrogen (secondary N) is 1. The molecule has 1 aliphatic carbocycles. The summed E-state index contributed by atoms with van der Waals surface area (Å²) in [6, 6.07) is 4.66. The lowest BCUT2D eigenvalue weighted by Gasteiger charge is -2.51. The summed E-state index contributed by atoms with van der Waals surface area (Å²) in [4.78, 5) is 38.2. The molecule has 4 atom stereocenters. The van der Waals surface area contributed by atoms with Crippen LogP contribution in [0.15, 0.2) is 18.2 Å². The van der Waals surface area contributed by atoms with Gasteiger partial charge in [-0.05, 0) is 24.1 Å². The second-order valence-electron chi connectivity index (χ2n) is 7.57. The first-order valence-corrected chi connectivity index (χ1v) is 9.16. The minimum absolute atomic E-state index is 0.00841. The highest BCUT2D eigenvalue weighted by Crippen LogP contribution is 2.43. The molecule has 1 aromatic carbocycles. The largest absolute Gasteiger partial charge is 0.442 e. The maximum atomic E-state index is 14.7. The Balaban J connectivity index is 1.45. The van der Waals surface area contributed by atoms with Gasteiger partial charge >= 0.3 is 6.09 Å². The van der Waals surface area contributed by atoms with E-state index in [2.05, 4.69) is 12.2 Å². The molecule has 144 valence electrons. The Bertz CT molecular complexity index is 798. The van der Waals surface area contributed by atoms with E-state index in [1.54, 1.807) is 12.1 Å². The summed E-state index contributed by atoms with van der Waals surface area (Å²) in [6.07, 6.45) is -1.03. The third-order valence-corrected chi connectivity index (χ3v) is 5.87. The summed E-state index contributed by atoms with van der Waals surface area (Å²) in [6.45, 7) is 5.01. The van der Waals surface area contributed by atoms with Crippen LogP contribution in [0.3, 0.4) is 0 Å². The Kier molecular flexibility index (Phi) is 4.28. The van der Waals surface area contributed by atoms with Gasteiger partial charge in [-0.2, -0.15) is 0 Å². The van der Waals surface area contributed by atoms with Gasteiger partial charge in [-0.25, -0.2) is 9.18 Å². The number of amides is 2. The molecule has 1 N–H and O–H groups in total. The fourth-order valence-electron chi connectivity index (χ4n) is 4.23. The van der Waals surface area contributed by atoms with Crippen LogP contribution in [0.4, 0.5) is 20.6 Å². The Morgan fingerprint density at radius 1 is 1.26 bits per heavy atom. The number of ether oxygens (including phenoxy) is 1. The second kappa shape index (κ2) is 6.51. The molecule has 5 rings (SSSR count). The van der Waals surface area contributed by atoms with E-state index < -0.39 is 18.0 Å². The van der Waals surface area contributed by atoms with Crippen LogP contribution in [0.1, 0.15) is 13.8 Å². The third-order valence-electron chi connectivity index (χ3n) is 5.87. The van der Waals surface area contributed by atoms with Crippen molar-refractivity contribution in [3.05, 3.63) is 24.0 Å². The molecular weight excluding hydrogens is 353 g/mol. The predicted molar refractivity (Wildman–Crippen MR) is 96.1 cm³/mol. The SMILES string of the molecule is CC(=O)NC[C@H]1CN(c2ccc(N3C[C@@H]4C(=O)[C@H](C3)C4C)c(F)c2)C(=O)O1. The van der Waals surface area contributed by atoms with Gasteiger partial charge in [-0.15, -0.1) is 0 Å². The zero-order valence-electron chi connectivity index (χ0n) is 15.3. The molecule has 1 unspecified atom stereocenters. The number of benzene rings is 1. The highest BCUT2D eigenvalue weighted by molar-refractivity contribution is 5.93. The van der Waals surface area contributed by atoms with Gasteiger partial charge in [0.2, 0.25) is 5.91 Å². The van der Waals surface area contributed by atoms with Crippen LogP contribution in [0, 0.1) is 23.6 Å². The quantitative estimate of drug-likeness (QED) is 0.864. The van der Waals surface area contributed by atoms with Crippen molar-refractivity contribution >= 4 is 29.2 Å². The van der Waals surface area contributed by atoms with Crippen LogP contribution in [0.2, 0.25) is 0 Å². The van der Waals surface area contributed by atoms with E-state index in [-0.39, 0.29) is 30.8 Å². The molecule has 27 heavy (non-hydrogen) atoms. The average Bonchev–Trinajstić information content (AvgIpc) is 3.02. The number of hydrogen-bond acceptors (Lipinski definition) is 5. The molecule has 4 aliphatic rings. The van der Waals surface area contributed by atoms with Gasteiger partial charge in [0.15, 0.2) is 0 Å². The summed E-state index contributed by atoms with van der Waals surface area (Å²) in [5.74, 6) is 0.0212. The summed E-state index contributed by atoms with van der Waals surface area (Å²) in [7, 11) is 0. The van der Waals surface area contributed by atoms with Crippen LogP contribution < -0.4 is 15.1 Å². The van der Waals surface area contributed by atoms with Gasteiger partial charge in [0.05, 0.1) is 24.5 Å². The number of cyclic esters (lactones) is 1. The number of anilines is 2. The molecule has 8 heteroatoms. The first-order chi connectivity index (χ1) is 12.8. The number of halogens is 1. The number of rotatable bonds is 4. The van der Waals surface area contributed by atoms with Crippen LogP contribution in [0.25, 0.3) is 0 Å². The summed E-state index contributed by atoms with van der Waals surface area (Å²) in [5.41, 5.74) is 0.869. The molecule has 2 bridgehead atoms. The minimum atomic E-state index is -0.559. The highest BCUT2D eigenvalue weighted by Gasteiger charge is 2.52. The Hall–Kier alpha value is -2.64. The summed E-state index contributed by atoms with van der Waals surface area (Å²) < 4.78 is 20.0. The predicted octanol–water partition coefficient (Wildman–Crippen LogP) is 1.56. The van der Waals surface area contributed by atoms with Gasteiger partial charge in [-0.1, -0.05) is 6.92 Å². The van der Waals surface area contributed by atoms with Crippen LogP contribution in [0.5, 0.6) is 0 Å². The zero-order chi connectivity index (χ0) is 19.3. The van der Waals surface area contributed by atoms with Crippen molar-refractivity contribution in [3.8, 4) is 0 Å². The molecular formula is C19H22FN3O4. The molecule has 3 saturated heterocycles. The Labute approximate surface area is 156 Å². The van der Waals surface area contributed by atoms with Crippen LogP contribution in [-0.4, -0.2) is 50.1 Å². The number of hydrogen-bond donors (Lipinski definition) is 1. The van der Waals surface area contributed by atoms with E-state index in [4.69, 9.17) is 4.74 Å². The highest BCUT2D eigenvalue weighted by atomic mass is 19.1. The van der Waals surface area contributed by atoms with Gasteiger partial charge in [0, 0.05) is 31.8 Å². The maximum Gasteiger partial charge on any atom is 0.414 e. The lowest BCUT2D eigenvalue weighted by molar-refractivity contribution is -0.143. The van der Waals surface area contributed by atoms with Crippen LogP contribution in [-0.2, 0) is 14.3 Å². The van der Waals surface area contributed by atoms with Crippen molar-refractivity contribution in [2.45, 2.75) is 20.0 Å². The molecule has 0 aromatic heterocycles. The van der Waals surface area contributed by atoms with E-state index in [1.807, 2.05) is 4.90 Å². The molecule has 0 radical (unpaired) electrons. The smallest absolute Gasteiger partial charge is 0.414 e. The first kappa shape index (κ1) is 17.8. The fraction of sp³-hybridized carbons (Fsp3) is 0.526. The number of fused-ring (bicyclic) bond motifs is 2. The van der Waals surface area contributed by atoms with Gasteiger partial charge in [0.1, 0.15) is 17.7 Å². The first-order valence-electron chi connectivity index (χ1n) is 9.16. The van der Waals surface area contributed by atoms with E-state index in [9.17, 15) is 18.8 Å². The molecule has 2 amide bonds. The van der Waals surface area contributed by atoms with E-state index in [1.165, 1.54) is 17.9 Å². The number of Topliss-reactive ketones (excluding diaryl/α,β-unsaturated/α-hetero) is 1. The standard InChI is InChI=1S/C19H22FN3O4/c1-10-14-8-22(9-15(10)18(14)25)17-4-3-12(5-16(17)20)23-7-13(27-19(23)26)6-21-11(2)24/h3-5,10,13-15H,6-9H2,1-2H3,(H,21,24)/t10?,13-,14-,15+/m0/s1. The third kappa shape index (κ3) is 3.02. The van der Waals surface area contributed by atoms with Gasteiger partial charge < -0.3 is 15.0 Å². The maximum absolute atomic E-state index is 14.7. The molecule has 7 nitrogen and oxygen atoms in total. The number of carbonyl (C=O) groups excluding carboxylic acids is 3. The average molecular weight is 375 g/mol. The summed E-state index contributed by atoms with van der Waals surface area (Å²) in [5, 5.41) is 2.61. The van der Waals surface area contributed by atoms with E-state index >= 15 is 0 Å². The second-order valence-corrected chi connectivity index (χ2v) is 7.57. The molecule has 3 aliphatic heterocycles. The Morgan fingerprint density at radius 2 is 1.96 bits per heavy atom. The van der Waals surface area contributed by atoms with Crippen molar-refractivity contribution in [3.63, 3.8) is 0 Å². The summed E-state index contributed by atoms with van der Waals surface area (Å²) >= 11 is 0. The molecule has 0 spiro atoms. The zero-order valence-corrected chi connectivity index (χ0v) is 15.3. The van der Waals surface area contributed by atoms with Gasteiger partial charge in [-0.3, -0.25) is 14.5 Å². The number of nitrogens with zero attached hydrogens (tertiary/aromatic N) is 2. The lowest BCUT2D eigenvalue weighted by atomic mass is 9.61. The molecule has 1 aromatic rings. The van der Waals surface area contributed by atoms with Crippen molar-refractivity contribution in [2.75, 3.05) is 36.0 Å². The van der Waals surface area contributed by atoms with Crippen molar-refractivity contribution < 1.29 is 23.5 Å². The molecule has 1 saturated carbocycles. The minimum Gasteiger partial charge on any atom is -0.442 e. The van der Waals surface area contributed by atoms with E-state index in [0.29, 0.717) is 36.2 Å². The normalized spacial score (nSPS) is 29.4. The van der Waals surface area contributed by atoms with E-state index in [0.717, 1.165) is 0 Å². The topological polar surface area (TPSA) is 79.0 Å². The molecule has 4 fully saturated rings. The van der Waals surface area contributed by atoms with Gasteiger partial charge in [0.25, 0.3) is 0 Å². The lowest BCUT2D eigenvalue weighted by Crippen LogP contribution is -2.61. The van der Waals surface area contributed by atoms with Crippen LogP contribution >= 0.6 is 0 Å². The monoisotopic (exact) mass is 375 g/mol. The van der Waals surface area contributed by atoms with Crippen molar-refractivity contribution in [1.82, 2.24) is 5.32 Å². The Morgan fingerprint density at radius 3 is 2.56 bits per heavy atom.